The summed E-state index contributed by atoms with van der Waals surface area (Å²) in [5.41, 5.74) is 0. The number of nitrogens with one attached hydrogen (secondary N) is 1. The fourth-order valence-electron chi connectivity index (χ4n) is 3.47. The normalized spacial score (nSPS) is 32.1. The van der Waals surface area contributed by atoms with Crippen molar-refractivity contribution in [2.45, 2.75) is 63.0 Å². The number of hydrogen-bond acceptors (Lipinski definition) is 2. The zero-order valence-electron chi connectivity index (χ0n) is 11.6. The molecule has 2 heteroatoms. The molecule has 2 atom stereocenters. The largest absolute Gasteiger partial charge is 0.315 e. The molecule has 0 amide bonds. The highest BCUT2D eigenvalue weighted by Crippen LogP contribution is 2.42. The van der Waals surface area contributed by atoms with Gasteiger partial charge < -0.3 is 5.32 Å². The Balaban J connectivity index is 1.56. The second kappa shape index (κ2) is 6.47. The molecule has 0 bridgehead atoms. The van der Waals surface area contributed by atoms with Crippen molar-refractivity contribution >= 4 is 11.8 Å². The summed E-state index contributed by atoms with van der Waals surface area (Å²) in [5, 5.41) is 3.72. The molecule has 0 heterocycles. The summed E-state index contributed by atoms with van der Waals surface area (Å²) in [6.07, 6.45) is 13.9. The van der Waals surface area contributed by atoms with Crippen LogP contribution in [0.2, 0.25) is 0 Å². The fourth-order valence-corrected chi connectivity index (χ4v) is 4.41. The molecule has 1 nitrogen and oxygen atoms in total. The monoisotopic (exact) mass is 255 g/mol. The molecule has 0 aromatic heterocycles. The molecule has 0 aromatic rings. The van der Waals surface area contributed by atoms with Crippen LogP contribution < -0.4 is 5.32 Å². The highest BCUT2D eigenvalue weighted by atomic mass is 32.2. The second-order valence-electron chi connectivity index (χ2n) is 6.34. The minimum absolute atomic E-state index is 0.611. The minimum atomic E-state index is 0.611. The van der Waals surface area contributed by atoms with Gasteiger partial charge in [0.25, 0.3) is 0 Å². The smallest absolute Gasteiger partial charge is 0.0281 e. The van der Waals surface area contributed by atoms with Gasteiger partial charge in [-0.3, -0.25) is 0 Å². The second-order valence-corrected chi connectivity index (χ2v) is 7.62. The van der Waals surface area contributed by atoms with Crippen molar-refractivity contribution in [2.75, 3.05) is 19.3 Å². The average Bonchev–Trinajstić information content (AvgIpc) is 2.27. The molecule has 0 aromatic carbocycles. The first-order valence-electron chi connectivity index (χ1n) is 7.50. The van der Waals surface area contributed by atoms with Crippen LogP contribution in [0, 0.1) is 11.8 Å². The predicted octanol–water partition coefficient (Wildman–Crippen LogP) is 4.08. The fraction of sp³-hybridized carbons (Fsp3) is 1.00. The molecule has 0 aliphatic heterocycles. The first kappa shape index (κ1) is 13.7. The van der Waals surface area contributed by atoms with Crippen LogP contribution in [0.25, 0.3) is 0 Å². The van der Waals surface area contributed by atoms with Crippen LogP contribution in [0.4, 0.5) is 0 Å². The lowest BCUT2D eigenvalue weighted by atomic mass is 9.80. The van der Waals surface area contributed by atoms with Crippen LogP contribution in [-0.4, -0.2) is 24.1 Å². The molecule has 2 rings (SSSR count). The van der Waals surface area contributed by atoms with Crippen LogP contribution in [0.5, 0.6) is 0 Å². The molecule has 0 radical (unpaired) electrons. The molecular formula is C15H29NS. The molecule has 2 saturated carbocycles. The van der Waals surface area contributed by atoms with Crippen molar-refractivity contribution in [2.24, 2.45) is 11.8 Å². The Kier molecular flexibility index (Phi) is 5.23. The predicted molar refractivity (Wildman–Crippen MR) is 78.7 cm³/mol. The summed E-state index contributed by atoms with van der Waals surface area (Å²) in [7, 11) is 0. The highest BCUT2D eigenvalue weighted by molar-refractivity contribution is 8.00. The number of hydrogen-bond donors (Lipinski definition) is 1. The van der Waals surface area contributed by atoms with E-state index in [0.29, 0.717) is 4.75 Å². The van der Waals surface area contributed by atoms with E-state index < -0.39 is 0 Å². The quantitative estimate of drug-likeness (QED) is 0.718. The van der Waals surface area contributed by atoms with Crippen LogP contribution >= 0.6 is 11.8 Å². The summed E-state index contributed by atoms with van der Waals surface area (Å²) in [5.74, 6) is 2.00. The Morgan fingerprint density at radius 1 is 1.24 bits per heavy atom. The van der Waals surface area contributed by atoms with Gasteiger partial charge in [-0.1, -0.05) is 32.6 Å². The third-order valence-corrected chi connectivity index (χ3v) is 6.34. The molecule has 17 heavy (non-hydrogen) atoms. The van der Waals surface area contributed by atoms with Gasteiger partial charge >= 0.3 is 0 Å². The van der Waals surface area contributed by atoms with Gasteiger partial charge in [0.15, 0.2) is 0 Å². The molecule has 1 N–H and O–H groups in total. The van der Waals surface area contributed by atoms with Gasteiger partial charge in [-0.25, -0.2) is 0 Å². The first-order chi connectivity index (χ1) is 8.24. The SMILES string of the molecule is CSC1(CNCCC2CCCC(C)C2)CCC1. The molecule has 2 unspecified atom stereocenters. The Morgan fingerprint density at radius 2 is 2.06 bits per heavy atom. The maximum atomic E-state index is 3.72. The van der Waals surface area contributed by atoms with Crippen molar-refractivity contribution in [1.29, 1.82) is 0 Å². The summed E-state index contributed by atoms with van der Waals surface area (Å²) >= 11 is 2.08. The molecule has 0 spiro atoms. The zero-order chi connectivity index (χ0) is 12.1. The zero-order valence-corrected chi connectivity index (χ0v) is 12.5. The lowest BCUT2D eigenvalue weighted by molar-refractivity contribution is 0.263. The van der Waals surface area contributed by atoms with Gasteiger partial charge in [0.1, 0.15) is 0 Å². The summed E-state index contributed by atoms with van der Waals surface area (Å²) < 4.78 is 0.611. The molecule has 2 aliphatic carbocycles. The van der Waals surface area contributed by atoms with Crippen molar-refractivity contribution in [3.63, 3.8) is 0 Å². The molecular weight excluding hydrogens is 226 g/mol. The topological polar surface area (TPSA) is 12.0 Å². The van der Waals surface area contributed by atoms with Crippen LogP contribution in [0.15, 0.2) is 0 Å². The third-order valence-electron chi connectivity index (χ3n) is 4.92. The van der Waals surface area contributed by atoms with Crippen molar-refractivity contribution < 1.29 is 0 Å². The summed E-state index contributed by atoms with van der Waals surface area (Å²) in [6.45, 7) is 4.92. The Hall–Kier alpha value is 0.310. The van der Waals surface area contributed by atoms with Gasteiger partial charge in [0, 0.05) is 11.3 Å². The van der Waals surface area contributed by atoms with Crippen molar-refractivity contribution in [3.05, 3.63) is 0 Å². The highest BCUT2D eigenvalue weighted by Gasteiger charge is 2.35. The Morgan fingerprint density at radius 3 is 2.65 bits per heavy atom. The minimum Gasteiger partial charge on any atom is -0.315 e. The van der Waals surface area contributed by atoms with Gasteiger partial charge in [0.2, 0.25) is 0 Å². The van der Waals surface area contributed by atoms with E-state index in [-0.39, 0.29) is 0 Å². The van der Waals surface area contributed by atoms with E-state index in [9.17, 15) is 0 Å². The summed E-state index contributed by atoms with van der Waals surface area (Å²) in [4.78, 5) is 0. The lowest BCUT2D eigenvalue weighted by Crippen LogP contribution is -2.43. The average molecular weight is 255 g/mol. The van der Waals surface area contributed by atoms with Gasteiger partial charge in [-0.15, -0.1) is 0 Å². The van der Waals surface area contributed by atoms with Crippen LogP contribution in [-0.2, 0) is 0 Å². The first-order valence-corrected chi connectivity index (χ1v) is 8.72. The Labute approximate surface area is 112 Å². The van der Waals surface area contributed by atoms with E-state index >= 15 is 0 Å². The van der Waals surface area contributed by atoms with E-state index in [1.807, 2.05) is 0 Å². The van der Waals surface area contributed by atoms with E-state index in [0.717, 1.165) is 11.8 Å². The summed E-state index contributed by atoms with van der Waals surface area (Å²) in [6, 6.07) is 0. The molecule has 0 saturated heterocycles. The van der Waals surface area contributed by atoms with E-state index in [1.165, 1.54) is 64.5 Å². The van der Waals surface area contributed by atoms with Gasteiger partial charge in [0.05, 0.1) is 0 Å². The van der Waals surface area contributed by atoms with Crippen LogP contribution in [0.1, 0.15) is 58.3 Å². The number of rotatable bonds is 6. The van der Waals surface area contributed by atoms with Gasteiger partial charge in [-0.2, -0.15) is 11.8 Å². The lowest BCUT2D eigenvalue weighted by Gasteiger charge is -2.40. The van der Waals surface area contributed by atoms with E-state index in [2.05, 4.69) is 30.3 Å². The maximum Gasteiger partial charge on any atom is 0.0281 e. The third kappa shape index (κ3) is 3.89. The van der Waals surface area contributed by atoms with E-state index in [1.54, 1.807) is 0 Å². The maximum absolute atomic E-state index is 3.72. The Bertz CT molecular complexity index is 219. The van der Waals surface area contributed by atoms with Crippen LogP contribution in [0.3, 0.4) is 0 Å². The van der Waals surface area contributed by atoms with Crippen molar-refractivity contribution in [3.8, 4) is 0 Å². The molecule has 100 valence electrons. The molecule has 2 fully saturated rings. The standard InChI is InChI=1S/C15H29NS/c1-13-5-3-6-14(11-13)7-10-16-12-15(17-2)8-4-9-15/h13-14,16H,3-12H2,1-2H3. The van der Waals surface area contributed by atoms with Gasteiger partial charge in [-0.05, 0) is 50.3 Å². The number of thioether (sulfide) groups is 1. The van der Waals surface area contributed by atoms with Crippen molar-refractivity contribution in [1.82, 2.24) is 5.32 Å². The van der Waals surface area contributed by atoms with E-state index in [4.69, 9.17) is 0 Å². The molecule has 2 aliphatic rings.